The van der Waals surface area contributed by atoms with E-state index in [-0.39, 0.29) is 16.9 Å². The number of amides is 2. The minimum atomic E-state index is -6.22. The number of rotatable bonds is 4. The Morgan fingerprint density at radius 2 is 1.39 bits per heavy atom. The predicted octanol–water partition coefficient (Wildman–Crippen LogP) is 2.82. The zero-order valence-corrected chi connectivity index (χ0v) is 15.0. The Hall–Kier alpha value is -3.14. The maximum Gasteiger partial charge on any atom is 0.517 e. The number of hydrogen-bond acceptors (Lipinski definition) is 5. The van der Waals surface area contributed by atoms with E-state index in [0.717, 1.165) is 0 Å². The molecule has 0 aromatic heterocycles. The molecule has 146 valence electrons. The van der Waals surface area contributed by atoms with Crippen molar-refractivity contribution >= 4 is 33.0 Å². The number of nitrogens with zero attached hydrogens (tertiary/aromatic N) is 1. The average Bonchev–Trinajstić information content (AvgIpc) is 2.92. The minimum Gasteiger partial charge on any atom is -0.496 e. The fourth-order valence-electron chi connectivity index (χ4n) is 2.80. The lowest BCUT2D eigenvalue weighted by molar-refractivity contribution is -0.131. The standard InChI is InChI=1S/C18H12F3NO5S/c1-27-13-10-6-5-9-12(13)15-14(11-7-3-2-4-8-11)16(23)22(17(15)24)28(25,26)18(19,20)21/h2-10H,1H3. The predicted molar refractivity (Wildman–Crippen MR) is 93.1 cm³/mol. The number of methoxy groups -OCH3 is 1. The highest BCUT2D eigenvalue weighted by atomic mass is 32.2. The van der Waals surface area contributed by atoms with Gasteiger partial charge in [0.15, 0.2) is 0 Å². The Kier molecular flexibility index (Phi) is 4.76. The van der Waals surface area contributed by atoms with Gasteiger partial charge in [-0.05, 0) is 11.6 Å². The second-order valence-corrected chi connectivity index (χ2v) is 7.42. The molecule has 2 amide bonds. The number of hydrogen-bond donors (Lipinski definition) is 0. The molecule has 1 aliphatic rings. The summed E-state index contributed by atoms with van der Waals surface area (Å²) in [7, 11) is -4.95. The van der Waals surface area contributed by atoms with Crippen LogP contribution in [0.3, 0.4) is 0 Å². The molecule has 0 spiro atoms. The molecule has 2 aromatic rings. The normalized spacial score (nSPS) is 15.4. The van der Waals surface area contributed by atoms with Crippen LogP contribution in [0.1, 0.15) is 11.1 Å². The first-order chi connectivity index (χ1) is 13.1. The number of imide groups is 1. The van der Waals surface area contributed by atoms with Crippen LogP contribution in [0.15, 0.2) is 54.6 Å². The summed E-state index contributed by atoms with van der Waals surface area (Å²) in [6, 6.07) is 13.2. The number of ether oxygens (including phenoxy) is 1. The molecule has 3 rings (SSSR count). The molecule has 2 aromatic carbocycles. The van der Waals surface area contributed by atoms with Crippen molar-refractivity contribution in [3.63, 3.8) is 0 Å². The molecule has 0 saturated heterocycles. The Morgan fingerprint density at radius 3 is 1.96 bits per heavy atom. The molecule has 1 heterocycles. The summed E-state index contributed by atoms with van der Waals surface area (Å²) in [5.74, 6) is -3.07. The summed E-state index contributed by atoms with van der Waals surface area (Å²) >= 11 is 0. The molecule has 10 heteroatoms. The smallest absolute Gasteiger partial charge is 0.496 e. The summed E-state index contributed by atoms with van der Waals surface area (Å²) in [5, 5.41) is 0. The van der Waals surface area contributed by atoms with Gasteiger partial charge in [-0.15, -0.1) is 0 Å². The third-order valence-corrected chi connectivity index (χ3v) is 5.42. The van der Waals surface area contributed by atoms with E-state index in [2.05, 4.69) is 0 Å². The SMILES string of the molecule is COc1ccccc1C1=C(c2ccccc2)C(=O)N(S(=O)(=O)C(F)(F)F)C1=O. The van der Waals surface area contributed by atoms with Gasteiger partial charge in [0.2, 0.25) is 0 Å². The second-order valence-electron chi connectivity index (χ2n) is 5.64. The van der Waals surface area contributed by atoms with Crippen molar-refractivity contribution in [3.8, 4) is 5.75 Å². The average molecular weight is 411 g/mol. The van der Waals surface area contributed by atoms with Gasteiger partial charge >= 0.3 is 15.5 Å². The third kappa shape index (κ3) is 2.95. The number of alkyl halides is 3. The number of para-hydroxylation sites is 1. The van der Waals surface area contributed by atoms with Crippen molar-refractivity contribution in [2.75, 3.05) is 7.11 Å². The summed E-state index contributed by atoms with van der Waals surface area (Å²) in [6.45, 7) is 0. The van der Waals surface area contributed by atoms with Crippen molar-refractivity contribution in [2.45, 2.75) is 5.51 Å². The van der Waals surface area contributed by atoms with Crippen LogP contribution in [0.5, 0.6) is 5.75 Å². The molecular formula is C18H12F3NO5S. The van der Waals surface area contributed by atoms with Crippen molar-refractivity contribution in [1.82, 2.24) is 4.31 Å². The summed E-state index contributed by atoms with van der Waals surface area (Å²) in [6.07, 6.45) is 0. The molecule has 1 aliphatic heterocycles. The van der Waals surface area contributed by atoms with Crippen LogP contribution in [0, 0.1) is 0 Å². The molecule has 0 bridgehead atoms. The monoisotopic (exact) mass is 411 g/mol. The zero-order valence-electron chi connectivity index (χ0n) is 14.2. The van der Waals surface area contributed by atoms with E-state index >= 15 is 0 Å². The molecular weight excluding hydrogens is 399 g/mol. The lowest BCUT2D eigenvalue weighted by Crippen LogP contribution is -2.44. The van der Waals surface area contributed by atoms with Crippen molar-refractivity contribution in [2.24, 2.45) is 0 Å². The Labute approximate surface area is 157 Å². The van der Waals surface area contributed by atoms with E-state index < -0.39 is 42.8 Å². The van der Waals surface area contributed by atoms with Gasteiger partial charge in [-0.1, -0.05) is 48.5 Å². The summed E-state index contributed by atoms with van der Waals surface area (Å²) in [4.78, 5) is 25.5. The van der Waals surface area contributed by atoms with Gasteiger partial charge in [0, 0.05) is 5.56 Å². The van der Waals surface area contributed by atoms with Gasteiger partial charge in [-0.25, -0.2) is 0 Å². The third-order valence-electron chi connectivity index (χ3n) is 4.02. The van der Waals surface area contributed by atoms with Crippen molar-refractivity contribution in [1.29, 1.82) is 0 Å². The Bertz CT molecular complexity index is 1090. The van der Waals surface area contributed by atoms with Gasteiger partial charge in [0.25, 0.3) is 11.8 Å². The van der Waals surface area contributed by atoms with Crippen LogP contribution in [-0.2, 0) is 19.6 Å². The highest BCUT2D eigenvalue weighted by Crippen LogP contribution is 2.42. The van der Waals surface area contributed by atoms with Gasteiger partial charge in [-0.2, -0.15) is 25.9 Å². The number of benzene rings is 2. The molecule has 0 aliphatic carbocycles. The van der Waals surface area contributed by atoms with E-state index in [1.807, 2.05) is 0 Å². The summed E-state index contributed by atoms with van der Waals surface area (Å²) in [5.41, 5.74) is -6.66. The first kappa shape index (κ1) is 19.6. The lowest BCUT2D eigenvalue weighted by atomic mass is 9.96. The van der Waals surface area contributed by atoms with Crippen LogP contribution >= 0.6 is 0 Å². The van der Waals surface area contributed by atoms with E-state index in [1.165, 1.54) is 49.6 Å². The van der Waals surface area contributed by atoms with Gasteiger partial charge in [0.05, 0.1) is 18.3 Å². The van der Waals surface area contributed by atoms with Gasteiger partial charge in [0.1, 0.15) is 5.75 Å². The van der Waals surface area contributed by atoms with Crippen molar-refractivity contribution < 1.29 is 35.9 Å². The highest BCUT2D eigenvalue weighted by Gasteiger charge is 2.58. The maximum absolute atomic E-state index is 13.1. The number of halogens is 3. The first-order valence-electron chi connectivity index (χ1n) is 7.74. The number of carbonyl (C=O) groups is 2. The van der Waals surface area contributed by atoms with E-state index in [9.17, 15) is 31.2 Å². The fourth-order valence-corrected chi connectivity index (χ4v) is 3.63. The maximum atomic E-state index is 13.1. The molecule has 0 radical (unpaired) electrons. The molecule has 0 fully saturated rings. The van der Waals surface area contributed by atoms with E-state index in [1.54, 1.807) is 12.1 Å². The largest absolute Gasteiger partial charge is 0.517 e. The van der Waals surface area contributed by atoms with Gasteiger partial charge < -0.3 is 4.74 Å². The van der Waals surface area contributed by atoms with Crippen LogP contribution < -0.4 is 4.74 Å². The second kappa shape index (κ2) is 6.79. The minimum absolute atomic E-state index is 0.00192. The van der Waals surface area contributed by atoms with E-state index in [4.69, 9.17) is 4.74 Å². The topological polar surface area (TPSA) is 80.8 Å². The van der Waals surface area contributed by atoms with Crippen molar-refractivity contribution in [3.05, 3.63) is 65.7 Å². The van der Waals surface area contributed by atoms with Gasteiger partial charge in [-0.3, -0.25) is 9.59 Å². The summed E-state index contributed by atoms with van der Waals surface area (Å²) < 4.78 is 67.3. The van der Waals surface area contributed by atoms with Crippen LogP contribution in [0.25, 0.3) is 11.1 Å². The Balaban J connectivity index is 2.32. The molecule has 0 unspecified atom stereocenters. The molecule has 0 N–H and O–H groups in total. The Morgan fingerprint density at radius 1 is 0.857 bits per heavy atom. The first-order valence-corrected chi connectivity index (χ1v) is 9.18. The molecule has 0 saturated carbocycles. The molecule has 6 nitrogen and oxygen atoms in total. The zero-order chi connectivity index (χ0) is 20.7. The number of sulfonamides is 1. The van der Waals surface area contributed by atoms with E-state index in [0.29, 0.717) is 0 Å². The molecule has 0 atom stereocenters. The fraction of sp³-hybridized carbons (Fsp3) is 0.111. The van der Waals surface area contributed by atoms with Crippen LogP contribution in [-0.4, -0.2) is 37.2 Å². The number of carbonyl (C=O) groups excluding carboxylic acids is 2. The molecule has 28 heavy (non-hydrogen) atoms. The van der Waals surface area contributed by atoms with Crippen LogP contribution in [0.2, 0.25) is 0 Å². The highest BCUT2D eigenvalue weighted by molar-refractivity contribution is 7.91. The lowest BCUT2D eigenvalue weighted by Gasteiger charge is -2.17. The quantitative estimate of drug-likeness (QED) is 0.723. The van der Waals surface area contributed by atoms with Crippen LogP contribution in [0.4, 0.5) is 13.2 Å².